The van der Waals surface area contributed by atoms with E-state index in [9.17, 15) is 4.39 Å². The van der Waals surface area contributed by atoms with Gasteiger partial charge >= 0.3 is 0 Å². The summed E-state index contributed by atoms with van der Waals surface area (Å²) >= 11 is 0. The van der Waals surface area contributed by atoms with Crippen LogP contribution in [0.1, 0.15) is 31.9 Å². The van der Waals surface area contributed by atoms with Gasteiger partial charge in [-0.2, -0.15) is 5.10 Å². The summed E-state index contributed by atoms with van der Waals surface area (Å²) in [5.41, 5.74) is 0.880. The van der Waals surface area contributed by atoms with Crippen molar-refractivity contribution < 1.29 is 9.13 Å². The van der Waals surface area contributed by atoms with E-state index in [-0.39, 0.29) is 6.67 Å². The smallest absolute Gasteiger partial charge is 0.160 e. The number of hydrogen-bond acceptors (Lipinski definition) is 2. The van der Waals surface area contributed by atoms with Crippen LogP contribution in [0.3, 0.4) is 0 Å². The molecule has 0 aliphatic carbocycles. The van der Waals surface area contributed by atoms with Gasteiger partial charge in [0, 0.05) is 6.54 Å². The van der Waals surface area contributed by atoms with Gasteiger partial charge < -0.3 is 4.74 Å². The molecule has 0 bridgehead atoms. The van der Waals surface area contributed by atoms with Crippen molar-refractivity contribution in [2.75, 3.05) is 13.3 Å². The molecule has 0 aliphatic heterocycles. The predicted molar refractivity (Wildman–Crippen MR) is 58.0 cm³/mol. The molecule has 1 aromatic heterocycles. The number of rotatable bonds is 7. The second-order valence-corrected chi connectivity index (χ2v) is 3.59. The number of halogens is 1. The fourth-order valence-corrected chi connectivity index (χ4v) is 1.30. The van der Waals surface area contributed by atoms with E-state index in [2.05, 4.69) is 12.0 Å². The lowest BCUT2D eigenvalue weighted by molar-refractivity contribution is 0.307. The molecule has 0 atom stereocenters. The van der Waals surface area contributed by atoms with Crippen LogP contribution in [-0.4, -0.2) is 23.1 Å². The molecule has 1 aromatic rings. The van der Waals surface area contributed by atoms with Gasteiger partial charge in [-0.05, 0) is 19.8 Å². The van der Waals surface area contributed by atoms with Crippen LogP contribution in [0.25, 0.3) is 0 Å². The molecule has 0 aromatic carbocycles. The molecular formula is C11H19FN2O. The van der Waals surface area contributed by atoms with Crippen LogP contribution in [0.2, 0.25) is 0 Å². The standard InChI is InChI=1S/C11H19FN2O/c1-3-4-8-15-11-9-14(7-5-6-12)13-10(11)2/h9H,3-8H2,1-2H3. The Kier molecular flexibility index (Phi) is 5.15. The third kappa shape index (κ3) is 3.90. The maximum Gasteiger partial charge on any atom is 0.160 e. The fraction of sp³-hybridized carbons (Fsp3) is 0.727. The number of ether oxygens (including phenoxy) is 1. The van der Waals surface area contributed by atoms with Crippen molar-refractivity contribution in [3.8, 4) is 5.75 Å². The first-order valence-electron chi connectivity index (χ1n) is 5.50. The Bertz CT molecular complexity index is 286. The van der Waals surface area contributed by atoms with Gasteiger partial charge in [-0.3, -0.25) is 9.07 Å². The number of aromatic nitrogens is 2. The Morgan fingerprint density at radius 3 is 2.93 bits per heavy atom. The fourth-order valence-electron chi connectivity index (χ4n) is 1.30. The van der Waals surface area contributed by atoms with Crippen molar-refractivity contribution in [3.05, 3.63) is 11.9 Å². The van der Waals surface area contributed by atoms with Gasteiger partial charge in [-0.15, -0.1) is 0 Å². The minimum absolute atomic E-state index is 0.301. The summed E-state index contributed by atoms with van der Waals surface area (Å²) < 4.78 is 19.3. The van der Waals surface area contributed by atoms with E-state index in [1.807, 2.05) is 13.1 Å². The molecule has 0 saturated heterocycles. The summed E-state index contributed by atoms with van der Waals surface area (Å²) in [4.78, 5) is 0. The van der Waals surface area contributed by atoms with Gasteiger partial charge in [-0.25, -0.2) is 0 Å². The van der Waals surface area contributed by atoms with Gasteiger partial charge in [0.2, 0.25) is 0 Å². The summed E-state index contributed by atoms with van der Waals surface area (Å²) in [5, 5.41) is 4.25. The zero-order chi connectivity index (χ0) is 11.1. The Morgan fingerprint density at radius 1 is 1.47 bits per heavy atom. The highest BCUT2D eigenvalue weighted by atomic mass is 19.1. The summed E-state index contributed by atoms with van der Waals surface area (Å²) in [5.74, 6) is 0.822. The van der Waals surface area contributed by atoms with E-state index >= 15 is 0 Å². The molecule has 1 heterocycles. The first-order chi connectivity index (χ1) is 7.27. The number of aryl methyl sites for hydroxylation is 2. The molecule has 0 unspecified atom stereocenters. The van der Waals surface area contributed by atoms with Gasteiger partial charge in [0.1, 0.15) is 5.69 Å². The molecular weight excluding hydrogens is 195 g/mol. The topological polar surface area (TPSA) is 27.1 Å². The van der Waals surface area contributed by atoms with Gasteiger partial charge in [0.15, 0.2) is 5.75 Å². The molecule has 15 heavy (non-hydrogen) atoms. The highest BCUT2D eigenvalue weighted by Crippen LogP contribution is 2.16. The molecule has 0 radical (unpaired) electrons. The quantitative estimate of drug-likeness (QED) is 0.652. The minimum Gasteiger partial charge on any atom is -0.490 e. The van der Waals surface area contributed by atoms with Crippen molar-refractivity contribution >= 4 is 0 Å². The van der Waals surface area contributed by atoms with Crippen LogP contribution >= 0.6 is 0 Å². The van der Waals surface area contributed by atoms with Crippen molar-refractivity contribution in [2.45, 2.75) is 39.7 Å². The molecule has 0 amide bonds. The first-order valence-corrected chi connectivity index (χ1v) is 5.50. The maximum absolute atomic E-state index is 12.0. The molecule has 0 N–H and O–H groups in total. The van der Waals surface area contributed by atoms with E-state index in [0.29, 0.717) is 13.0 Å². The molecule has 0 saturated carbocycles. The first kappa shape index (κ1) is 12.0. The SMILES string of the molecule is CCCCOc1cn(CCCF)nc1C. The lowest BCUT2D eigenvalue weighted by Crippen LogP contribution is -1.99. The van der Waals surface area contributed by atoms with E-state index < -0.39 is 0 Å². The van der Waals surface area contributed by atoms with Crippen LogP contribution in [-0.2, 0) is 6.54 Å². The summed E-state index contributed by atoms with van der Waals surface area (Å²) in [6.45, 7) is 5.08. The second-order valence-electron chi connectivity index (χ2n) is 3.59. The van der Waals surface area contributed by atoms with Crippen LogP contribution in [0.4, 0.5) is 4.39 Å². The van der Waals surface area contributed by atoms with Crippen molar-refractivity contribution in [2.24, 2.45) is 0 Å². The molecule has 0 spiro atoms. The largest absolute Gasteiger partial charge is 0.490 e. The summed E-state index contributed by atoms with van der Waals surface area (Å²) in [7, 11) is 0. The zero-order valence-electron chi connectivity index (χ0n) is 9.50. The van der Waals surface area contributed by atoms with Gasteiger partial charge in [0.25, 0.3) is 0 Å². The Morgan fingerprint density at radius 2 is 2.27 bits per heavy atom. The highest BCUT2D eigenvalue weighted by Gasteiger charge is 2.05. The lowest BCUT2D eigenvalue weighted by atomic mass is 10.3. The van der Waals surface area contributed by atoms with Crippen LogP contribution in [0, 0.1) is 6.92 Å². The van der Waals surface area contributed by atoms with Crippen LogP contribution < -0.4 is 4.74 Å². The highest BCUT2D eigenvalue weighted by molar-refractivity contribution is 5.22. The van der Waals surface area contributed by atoms with Gasteiger partial charge in [0.05, 0.1) is 19.5 Å². The maximum atomic E-state index is 12.0. The van der Waals surface area contributed by atoms with Crippen molar-refractivity contribution in [3.63, 3.8) is 0 Å². The number of nitrogens with zero attached hydrogens (tertiary/aromatic N) is 2. The van der Waals surface area contributed by atoms with Gasteiger partial charge in [-0.1, -0.05) is 13.3 Å². The molecule has 86 valence electrons. The van der Waals surface area contributed by atoms with E-state index in [1.165, 1.54) is 0 Å². The lowest BCUT2D eigenvalue weighted by Gasteiger charge is -2.01. The number of alkyl halides is 1. The average Bonchev–Trinajstić information content (AvgIpc) is 2.57. The van der Waals surface area contributed by atoms with E-state index in [0.717, 1.165) is 30.9 Å². The third-order valence-corrected chi connectivity index (χ3v) is 2.18. The summed E-state index contributed by atoms with van der Waals surface area (Å²) in [6, 6.07) is 0. The molecule has 1 rings (SSSR count). The van der Waals surface area contributed by atoms with Crippen molar-refractivity contribution in [1.82, 2.24) is 9.78 Å². The Hall–Kier alpha value is -1.06. The van der Waals surface area contributed by atoms with E-state index in [1.54, 1.807) is 4.68 Å². The number of hydrogen-bond donors (Lipinski definition) is 0. The normalized spacial score (nSPS) is 10.6. The number of unbranched alkanes of at least 4 members (excludes halogenated alkanes) is 1. The molecule has 0 fully saturated rings. The monoisotopic (exact) mass is 214 g/mol. The Labute approximate surface area is 90.2 Å². The van der Waals surface area contributed by atoms with Crippen molar-refractivity contribution in [1.29, 1.82) is 0 Å². The van der Waals surface area contributed by atoms with E-state index in [4.69, 9.17) is 4.74 Å². The zero-order valence-corrected chi connectivity index (χ0v) is 9.50. The average molecular weight is 214 g/mol. The minimum atomic E-state index is -0.301. The summed E-state index contributed by atoms with van der Waals surface area (Å²) in [6.07, 6.45) is 4.53. The van der Waals surface area contributed by atoms with Crippen LogP contribution in [0.15, 0.2) is 6.20 Å². The third-order valence-electron chi connectivity index (χ3n) is 2.18. The molecule has 4 heteroatoms. The Balaban J connectivity index is 2.45. The second kappa shape index (κ2) is 6.43. The predicted octanol–water partition coefficient (Wildman–Crippen LogP) is 2.73. The van der Waals surface area contributed by atoms with Crippen LogP contribution in [0.5, 0.6) is 5.75 Å². The molecule has 0 aliphatic rings. The molecule has 3 nitrogen and oxygen atoms in total.